The van der Waals surface area contributed by atoms with Crippen LogP contribution in [0.1, 0.15) is 24.2 Å². The maximum atomic E-state index is 10.9. The van der Waals surface area contributed by atoms with Gasteiger partial charge < -0.3 is 25.4 Å². The summed E-state index contributed by atoms with van der Waals surface area (Å²) in [4.78, 5) is 17.9. The predicted octanol–water partition coefficient (Wildman–Crippen LogP) is 0.823. The number of carbonyl (C=O) groups excluding carboxylic acids is 1. The summed E-state index contributed by atoms with van der Waals surface area (Å²) in [5, 5.41) is 7.60. The summed E-state index contributed by atoms with van der Waals surface area (Å²) in [6, 6.07) is 7.51. The number of carbonyl (C=O) groups is 1. The number of ether oxygens (including phenoxy) is 2. The first-order valence-corrected chi connectivity index (χ1v) is 9.68. The standard InChI is InChI=1S/C20H28N6O3/c1-3-22-20(23-10-15-5-4-6-17(9-15)29-14-19(21)27)26-7-8-28-18(13-26)16-11-24-25(2)12-16/h4-6,9,11-12,18H,3,7-8,10,13-14H2,1-2H3,(H2,21,27)(H,22,23). The molecule has 29 heavy (non-hydrogen) atoms. The van der Waals surface area contributed by atoms with E-state index in [4.69, 9.17) is 20.2 Å². The fourth-order valence-corrected chi connectivity index (χ4v) is 3.13. The van der Waals surface area contributed by atoms with Gasteiger partial charge in [0.1, 0.15) is 11.9 Å². The van der Waals surface area contributed by atoms with Crippen molar-refractivity contribution in [3.05, 3.63) is 47.8 Å². The van der Waals surface area contributed by atoms with E-state index in [0.29, 0.717) is 25.4 Å². The van der Waals surface area contributed by atoms with Crippen LogP contribution in [-0.2, 0) is 23.1 Å². The van der Waals surface area contributed by atoms with E-state index in [2.05, 4.69) is 15.3 Å². The lowest BCUT2D eigenvalue weighted by atomic mass is 10.1. The summed E-state index contributed by atoms with van der Waals surface area (Å²) in [5.74, 6) is 0.941. The molecule has 1 aromatic heterocycles. The molecule has 1 amide bonds. The van der Waals surface area contributed by atoms with E-state index in [1.165, 1.54) is 0 Å². The van der Waals surface area contributed by atoms with Gasteiger partial charge in [-0.15, -0.1) is 0 Å². The monoisotopic (exact) mass is 400 g/mol. The summed E-state index contributed by atoms with van der Waals surface area (Å²) < 4.78 is 13.1. The highest BCUT2D eigenvalue weighted by Crippen LogP contribution is 2.22. The molecule has 0 saturated carbocycles. The van der Waals surface area contributed by atoms with E-state index < -0.39 is 5.91 Å². The van der Waals surface area contributed by atoms with E-state index in [1.54, 1.807) is 10.7 Å². The van der Waals surface area contributed by atoms with E-state index in [9.17, 15) is 4.79 Å². The number of nitrogens with zero attached hydrogens (tertiary/aromatic N) is 4. The van der Waals surface area contributed by atoms with Gasteiger partial charge in [-0.25, -0.2) is 4.99 Å². The lowest BCUT2D eigenvalue weighted by Gasteiger charge is -2.34. The average Bonchev–Trinajstić information content (AvgIpc) is 3.16. The molecule has 1 aliphatic rings. The number of aryl methyl sites for hydroxylation is 1. The van der Waals surface area contributed by atoms with E-state index in [0.717, 1.165) is 30.2 Å². The molecule has 3 rings (SSSR count). The molecule has 9 nitrogen and oxygen atoms in total. The maximum absolute atomic E-state index is 10.9. The van der Waals surface area contributed by atoms with Gasteiger partial charge in [-0.05, 0) is 24.6 Å². The van der Waals surface area contributed by atoms with Crippen LogP contribution in [0.2, 0.25) is 0 Å². The molecule has 1 atom stereocenters. The summed E-state index contributed by atoms with van der Waals surface area (Å²) >= 11 is 0. The van der Waals surface area contributed by atoms with Gasteiger partial charge in [0.05, 0.1) is 25.9 Å². The molecule has 2 heterocycles. The van der Waals surface area contributed by atoms with Crippen LogP contribution in [0, 0.1) is 0 Å². The third kappa shape index (κ3) is 5.95. The van der Waals surface area contributed by atoms with Gasteiger partial charge in [0, 0.05) is 31.9 Å². The zero-order chi connectivity index (χ0) is 20.6. The van der Waals surface area contributed by atoms with Crippen LogP contribution in [0.4, 0.5) is 0 Å². The molecule has 0 aliphatic carbocycles. The number of guanidine groups is 1. The first-order chi connectivity index (χ1) is 14.0. The summed E-state index contributed by atoms with van der Waals surface area (Å²) in [6.07, 6.45) is 3.79. The second kappa shape index (κ2) is 9.92. The quantitative estimate of drug-likeness (QED) is 0.526. The zero-order valence-electron chi connectivity index (χ0n) is 16.9. The van der Waals surface area contributed by atoms with Gasteiger partial charge in [0.15, 0.2) is 12.6 Å². The molecular formula is C20H28N6O3. The largest absolute Gasteiger partial charge is 0.484 e. The van der Waals surface area contributed by atoms with Crippen molar-refractivity contribution >= 4 is 11.9 Å². The van der Waals surface area contributed by atoms with Crippen LogP contribution in [0.3, 0.4) is 0 Å². The minimum atomic E-state index is -0.502. The summed E-state index contributed by atoms with van der Waals surface area (Å²) in [5.41, 5.74) is 7.18. The molecule has 1 fully saturated rings. The van der Waals surface area contributed by atoms with Crippen molar-refractivity contribution in [3.8, 4) is 5.75 Å². The Labute approximate surface area is 170 Å². The number of amides is 1. The van der Waals surface area contributed by atoms with Gasteiger partial charge in [-0.2, -0.15) is 5.10 Å². The number of aliphatic imine (C=N–C) groups is 1. The SMILES string of the molecule is CCNC(=NCc1cccc(OCC(N)=O)c1)N1CCOC(c2cnn(C)c2)C1. The highest BCUT2D eigenvalue weighted by atomic mass is 16.5. The van der Waals surface area contributed by atoms with Crippen molar-refractivity contribution in [2.75, 3.05) is 32.8 Å². The van der Waals surface area contributed by atoms with E-state index >= 15 is 0 Å². The number of aromatic nitrogens is 2. The van der Waals surface area contributed by atoms with Crippen LogP contribution >= 0.6 is 0 Å². The third-order valence-corrected chi connectivity index (χ3v) is 4.49. The average molecular weight is 400 g/mol. The van der Waals surface area contributed by atoms with Crippen LogP contribution in [-0.4, -0.2) is 59.4 Å². The lowest BCUT2D eigenvalue weighted by molar-refractivity contribution is -0.119. The Bertz CT molecular complexity index is 850. The van der Waals surface area contributed by atoms with Crippen molar-refractivity contribution in [1.29, 1.82) is 0 Å². The Kier molecular flexibility index (Phi) is 7.07. The van der Waals surface area contributed by atoms with E-state index in [1.807, 2.05) is 44.6 Å². The van der Waals surface area contributed by atoms with Gasteiger partial charge in [0.25, 0.3) is 5.91 Å². The fraction of sp³-hybridized carbons (Fsp3) is 0.450. The number of morpholine rings is 1. The number of rotatable bonds is 7. The van der Waals surface area contributed by atoms with Gasteiger partial charge in [-0.1, -0.05) is 12.1 Å². The molecule has 0 radical (unpaired) electrons. The minimum absolute atomic E-state index is 0.0353. The van der Waals surface area contributed by atoms with Crippen LogP contribution in [0.25, 0.3) is 0 Å². The van der Waals surface area contributed by atoms with Crippen molar-refractivity contribution < 1.29 is 14.3 Å². The Balaban J connectivity index is 1.67. The molecule has 0 bridgehead atoms. The van der Waals surface area contributed by atoms with Crippen LogP contribution < -0.4 is 15.8 Å². The molecule has 1 aliphatic heterocycles. The highest BCUT2D eigenvalue weighted by molar-refractivity contribution is 5.80. The minimum Gasteiger partial charge on any atom is -0.484 e. The Morgan fingerprint density at radius 3 is 3.07 bits per heavy atom. The van der Waals surface area contributed by atoms with Crippen LogP contribution in [0.5, 0.6) is 5.75 Å². The van der Waals surface area contributed by atoms with Crippen molar-refractivity contribution in [3.63, 3.8) is 0 Å². The molecule has 0 spiro atoms. The Morgan fingerprint density at radius 1 is 1.48 bits per heavy atom. The molecule has 156 valence electrons. The van der Waals surface area contributed by atoms with E-state index in [-0.39, 0.29) is 12.7 Å². The maximum Gasteiger partial charge on any atom is 0.255 e. The number of nitrogens with two attached hydrogens (primary N) is 1. The molecule has 2 aromatic rings. The first kappa shape index (κ1) is 20.7. The normalized spacial score (nSPS) is 17.2. The summed E-state index contributed by atoms with van der Waals surface area (Å²) in [6.45, 7) is 5.27. The third-order valence-electron chi connectivity index (χ3n) is 4.49. The Hall–Kier alpha value is -3.07. The number of hydrogen-bond acceptors (Lipinski definition) is 5. The number of primary amides is 1. The fourth-order valence-electron chi connectivity index (χ4n) is 3.13. The Morgan fingerprint density at radius 2 is 2.34 bits per heavy atom. The van der Waals surface area contributed by atoms with Gasteiger partial charge in [-0.3, -0.25) is 9.48 Å². The molecule has 1 saturated heterocycles. The first-order valence-electron chi connectivity index (χ1n) is 9.68. The number of hydrogen-bond donors (Lipinski definition) is 2. The van der Waals surface area contributed by atoms with Crippen LogP contribution in [0.15, 0.2) is 41.7 Å². The molecular weight excluding hydrogens is 372 g/mol. The van der Waals surface area contributed by atoms with Gasteiger partial charge in [0.2, 0.25) is 0 Å². The second-order valence-electron chi connectivity index (χ2n) is 6.83. The number of benzene rings is 1. The molecule has 1 unspecified atom stereocenters. The second-order valence-corrected chi connectivity index (χ2v) is 6.83. The molecule has 9 heteroatoms. The lowest BCUT2D eigenvalue weighted by Crippen LogP contribution is -2.48. The topological polar surface area (TPSA) is 107 Å². The smallest absolute Gasteiger partial charge is 0.255 e. The summed E-state index contributed by atoms with van der Waals surface area (Å²) in [7, 11) is 1.90. The highest BCUT2D eigenvalue weighted by Gasteiger charge is 2.25. The molecule has 3 N–H and O–H groups in total. The van der Waals surface area contributed by atoms with Crippen molar-refractivity contribution in [1.82, 2.24) is 20.0 Å². The zero-order valence-corrected chi connectivity index (χ0v) is 16.9. The van der Waals surface area contributed by atoms with Crippen molar-refractivity contribution in [2.24, 2.45) is 17.8 Å². The predicted molar refractivity (Wildman–Crippen MR) is 109 cm³/mol. The van der Waals surface area contributed by atoms with Crippen molar-refractivity contribution in [2.45, 2.75) is 19.6 Å². The molecule has 1 aromatic carbocycles. The number of nitrogens with one attached hydrogen (secondary N) is 1. The van der Waals surface area contributed by atoms with Gasteiger partial charge >= 0.3 is 0 Å².